The van der Waals surface area contributed by atoms with Gasteiger partial charge in [0.05, 0.1) is 38.6 Å². The SMILES string of the molecule is CCC(COC(O)CC(O)OCC(CC)OC)OC.O=C(CC(=O)OCC1CO1)OCC1CO1.[Cu]. The molecule has 0 aromatic heterocycles. The Morgan fingerprint density at radius 1 is 0.829 bits per heavy atom. The average molecular weight is 560 g/mol. The van der Waals surface area contributed by atoms with Gasteiger partial charge in [-0.2, -0.15) is 0 Å². The third-order valence-electron chi connectivity index (χ3n) is 4.88. The first-order chi connectivity index (χ1) is 16.3. The Morgan fingerprint density at radius 2 is 1.20 bits per heavy atom. The molecule has 0 aromatic carbocycles. The molecule has 35 heavy (non-hydrogen) atoms. The second-order valence-electron chi connectivity index (χ2n) is 7.80. The molecule has 2 saturated heterocycles. The maximum Gasteiger partial charge on any atom is 0.317 e. The van der Waals surface area contributed by atoms with Gasteiger partial charge in [-0.1, -0.05) is 13.8 Å². The van der Waals surface area contributed by atoms with Gasteiger partial charge in [0, 0.05) is 37.7 Å². The van der Waals surface area contributed by atoms with Crippen molar-refractivity contribution < 1.29 is 74.8 Å². The summed E-state index contributed by atoms with van der Waals surface area (Å²) in [6.07, 6.45) is -0.947. The van der Waals surface area contributed by atoms with Crippen LogP contribution in [0.5, 0.6) is 0 Å². The van der Waals surface area contributed by atoms with Crippen molar-refractivity contribution in [3.63, 3.8) is 0 Å². The van der Waals surface area contributed by atoms with Crippen molar-refractivity contribution in [1.29, 1.82) is 0 Å². The standard InChI is InChI=1S/C13H28O6.C9H12O6.Cu/c1-5-10(16-3)8-18-12(14)7-13(15)19-9-11(6-2)17-4;10-8(14-4-6-2-12-6)1-9(11)15-5-7-3-13-7;/h10-15H,5-9H2,1-4H3;6-7H,1-5H2;. The van der Waals surface area contributed by atoms with Gasteiger partial charge in [0.15, 0.2) is 12.6 Å². The van der Waals surface area contributed by atoms with E-state index in [0.717, 1.165) is 12.8 Å². The first-order valence-electron chi connectivity index (χ1n) is 11.5. The minimum atomic E-state index is -1.07. The van der Waals surface area contributed by atoms with Crippen LogP contribution in [-0.2, 0) is 64.6 Å². The van der Waals surface area contributed by atoms with Crippen molar-refractivity contribution in [2.24, 2.45) is 0 Å². The fourth-order valence-electron chi connectivity index (χ4n) is 2.37. The number of hydrogen-bond donors (Lipinski definition) is 2. The molecule has 12 nitrogen and oxygen atoms in total. The quantitative estimate of drug-likeness (QED) is 0.0772. The Labute approximate surface area is 217 Å². The summed E-state index contributed by atoms with van der Waals surface area (Å²) < 4.78 is 39.8. The Balaban J connectivity index is 0.000000654. The van der Waals surface area contributed by atoms with E-state index in [0.29, 0.717) is 13.2 Å². The van der Waals surface area contributed by atoms with E-state index in [4.69, 9.17) is 37.9 Å². The number of carbonyl (C=O) groups excluding carboxylic acids is 2. The maximum absolute atomic E-state index is 11.0. The first-order valence-corrected chi connectivity index (χ1v) is 11.5. The number of carbonyl (C=O) groups is 2. The number of epoxide rings is 2. The summed E-state index contributed by atoms with van der Waals surface area (Å²) >= 11 is 0. The predicted molar refractivity (Wildman–Crippen MR) is 117 cm³/mol. The topological polar surface area (TPSA) is 155 Å². The molecule has 6 atom stereocenters. The molecule has 0 amide bonds. The van der Waals surface area contributed by atoms with Crippen LogP contribution in [0, 0.1) is 0 Å². The zero-order chi connectivity index (χ0) is 25.3. The van der Waals surface area contributed by atoms with Gasteiger partial charge in [-0.25, -0.2) is 0 Å². The van der Waals surface area contributed by atoms with Crippen LogP contribution in [0.4, 0.5) is 0 Å². The van der Waals surface area contributed by atoms with E-state index in [-0.39, 0.29) is 80.8 Å². The summed E-state index contributed by atoms with van der Waals surface area (Å²) in [5.74, 6) is -1.15. The van der Waals surface area contributed by atoms with Crippen molar-refractivity contribution in [3.05, 3.63) is 0 Å². The molecular formula is C22H40CuO12. The molecular weight excluding hydrogens is 520 g/mol. The maximum atomic E-state index is 11.0. The van der Waals surface area contributed by atoms with Crippen LogP contribution in [0.1, 0.15) is 39.5 Å². The number of aliphatic hydroxyl groups is 2. The molecule has 0 spiro atoms. The van der Waals surface area contributed by atoms with Crippen LogP contribution in [0.2, 0.25) is 0 Å². The molecule has 2 heterocycles. The van der Waals surface area contributed by atoms with Crippen LogP contribution in [0.25, 0.3) is 0 Å². The van der Waals surface area contributed by atoms with Gasteiger partial charge in [0.25, 0.3) is 0 Å². The fourth-order valence-corrected chi connectivity index (χ4v) is 2.37. The Hall–Kier alpha value is -0.861. The molecule has 13 heteroatoms. The number of rotatable bonds is 18. The van der Waals surface area contributed by atoms with Crippen LogP contribution < -0.4 is 0 Å². The molecule has 1 radical (unpaired) electrons. The zero-order valence-electron chi connectivity index (χ0n) is 20.8. The number of hydrogen-bond acceptors (Lipinski definition) is 12. The van der Waals surface area contributed by atoms with E-state index >= 15 is 0 Å². The van der Waals surface area contributed by atoms with Crippen molar-refractivity contribution >= 4 is 11.9 Å². The summed E-state index contributed by atoms with van der Waals surface area (Å²) in [4.78, 5) is 22.1. The second-order valence-corrected chi connectivity index (χ2v) is 7.80. The van der Waals surface area contributed by atoms with Crippen molar-refractivity contribution in [2.45, 2.75) is 76.5 Å². The van der Waals surface area contributed by atoms with Gasteiger partial charge in [-0.05, 0) is 12.8 Å². The zero-order valence-corrected chi connectivity index (χ0v) is 21.8. The van der Waals surface area contributed by atoms with Gasteiger partial charge >= 0.3 is 11.9 Å². The molecule has 2 N–H and O–H groups in total. The Morgan fingerprint density at radius 3 is 1.49 bits per heavy atom. The summed E-state index contributed by atoms with van der Waals surface area (Å²) in [5.41, 5.74) is 0. The number of esters is 2. The van der Waals surface area contributed by atoms with Crippen molar-refractivity contribution in [2.75, 3.05) is 53.9 Å². The van der Waals surface area contributed by atoms with E-state index in [2.05, 4.69) is 0 Å². The molecule has 0 bridgehead atoms. The summed E-state index contributed by atoms with van der Waals surface area (Å²) in [6.45, 7) is 6.20. The van der Waals surface area contributed by atoms with Crippen LogP contribution >= 0.6 is 0 Å². The molecule has 2 aliphatic heterocycles. The van der Waals surface area contributed by atoms with Crippen LogP contribution in [-0.4, -0.2) is 113 Å². The number of ether oxygens (including phenoxy) is 8. The normalized spacial score (nSPS) is 21.3. The van der Waals surface area contributed by atoms with E-state index in [1.165, 1.54) is 0 Å². The van der Waals surface area contributed by atoms with Crippen molar-refractivity contribution in [3.8, 4) is 0 Å². The smallest absolute Gasteiger partial charge is 0.317 e. The predicted octanol–water partition coefficient (Wildman–Crippen LogP) is 0.155. The van der Waals surface area contributed by atoms with Gasteiger partial charge in [-0.3, -0.25) is 9.59 Å². The van der Waals surface area contributed by atoms with E-state index in [9.17, 15) is 19.8 Å². The third kappa shape index (κ3) is 19.0. The average Bonchev–Trinajstić information content (AvgIpc) is 3.73. The molecule has 2 rings (SSSR count). The largest absolute Gasteiger partial charge is 0.462 e. The van der Waals surface area contributed by atoms with E-state index in [1.807, 2.05) is 13.8 Å². The Bertz CT molecular complexity index is 505. The van der Waals surface area contributed by atoms with Crippen LogP contribution in [0.15, 0.2) is 0 Å². The molecule has 2 fully saturated rings. The Kier molecular flexibility index (Phi) is 19.7. The molecule has 6 unspecified atom stereocenters. The molecule has 211 valence electrons. The monoisotopic (exact) mass is 559 g/mol. The molecule has 0 saturated carbocycles. The number of aliphatic hydroxyl groups excluding tert-OH is 2. The number of methoxy groups -OCH3 is 2. The second kappa shape index (κ2) is 20.2. The van der Waals surface area contributed by atoms with Gasteiger partial charge in [0.2, 0.25) is 0 Å². The first kappa shape index (κ1) is 34.1. The molecule has 0 aliphatic carbocycles. The van der Waals surface area contributed by atoms with Gasteiger partial charge in [0.1, 0.15) is 31.8 Å². The van der Waals surface area contributed by atoms with Gasteiger partial charge < -0.3 is 48.1 Å². The summed E-state index contributed by atoms with van der Waals surface area (Å²) in [6, 6.07) is 0. The van der Waals surface area contributed by atoms with Crippen LogP contribution in [0.3, 0.4) is 0 Å². The third-order valence-corrected chi connectivity index (χ3v) is 4.88. The summed E-state index contributed by atoms with van der Waals surface area (Å²) in [5, 5.41) is 19.2. The molecule has 2 aliphatic rings. The van der Waals surface area contributed by atoms with Gasteiger partial charge in [-0.15, -0.1) is 0 Å². The van der Waals surface area contributed by atoms with E-state index < -0.39 is 24.5 Å². The summed E-state index contributed by atoms with van der Waals surface area (Å²) in [7, 11) is 3.19. The molecule has 0 aromatic rings. The van der Waals surface area contributed by atoms with Crippen molar-refractivity contribution in [1.82, 2.24) is 0 Å². The van der Waals surface area contributed by atoms with E-state index in [1.54, 1.807) is 14.2 Å². The minimum Gasteiger partial charge on any atom is -0.462 e. The minimum absolute atomic E-state index is 0. The fraction of sp³-hybridized carbons (Fsp3) is 0.909.